The molecule has 0 unspecified atom stereocenters. The molecule has 5 rings (SSSR count). The molecule has 1 aliphatic carbocycles. The quantitative estimate of drug-likeness (QED) is 0.448. The van der Waals surface area contributed by atoms with Gasteiger partial charge in [0, 0.05) is 17.8 Å². The van der Waals surface area contributed by atoms with Gasteiger partial charge in [-0.2, -0.15) is 0 Å². The lowest BCUT2D eigenvalue weighted by atomic mass is 10.0. The fourth-order valence-corrected chi connectivity index (χ4v) is 5.25. The molecule has 3 aromatic rings. The molecular weight excluding hydrogens is 437 g/mol. The predicted molar refractivity (Wildman–Crippen MR) is 124 cm³/mol. The Kier molecular flexibility index (Phi) is 5.44. The van der Waals surface area contributed by atoms with Gasteiger partial charge in [0.1, 0.15) is 17.6 Å². The molecule has 1 N–H and O–H groups in total. The van der Waals surface area contributed by atoms with Gasteiger partial charge in [-0.15, -0.1) is 0 Å². The number of pyridine rings is 1. The van der Waals surface area contributed by atoms with Crippen molar-refractivity contribution in [2.45, 2.75) is 43.8 Å². The molecule has 1 aromatic carbocycles. The summed E-state index contributed by atoms with van der Waals surface area (Å²) in [5.41, 5.74) is 1.85. The average Bonchev–Trinajstić information content (AvgIpc) is 3.50. The minimum absolute atomic E-state index is 0.0491. The van der Waals surface area contributed by atoms with E-state index in [1.54, 1.807) is 6.07 Å². The third kappa shape index (κ3) is 3.59. The standard InChI is InChI=1S/C23H21Cl2N3OS/c24-16-9-8-14(13-17(16)25)19-10-11-20(29-19)22-21(18-7-3-4-12-26-18)27-23(30)28(22)15-5-1-2-6-15/h3-4,7-13,15,21-22H,1-2,5-6H2,(H,27,30)/t21-,22-/m0/s1. The van der Waals surface area contributed by atoms with E-state index in [4.69, 9.17) is 39.8 Å². The number of nitrogens with one attached hydrogen (secondary N) is 1. The molecule has 30 heavy (non-hydrogen) atoms. The fraction of sp³-hybridized carbons (Fsp3) is 0.304. The summed E-state index contributed by atoms with van der Waals surface area (Å²) in [4.78, 5) is 6.93. The third-order valence-electron chi connectivity index (χ3n) is 5.98. The highest BCUT2D eigenvalue weighted by atomic mass is 35.5. The summed E-state index contributed by atoms with van der Waals surface area (Å²) >= 11 is 18.1. The van der Waals surface area contributed by atoms with Gasteiger partial charge in [0.05, 0.1) is 21.8 Å². The first-order chi connectivity index (χ1) is 14.6. The molecule has 1 saturated heterocycles. The van der Waals surface area contributed by atoms with Crippen molar-refractivity contribution < 1.29 is 4.42 Å². The molecule has 0 amide bonds. The second kappa shape index (κ2) is 8.22. The Balaban J connectivity index is 1.54. The van der Waals surface area contributed by atoms with Crippen molar-refractivity contribution in [2.24, 2.45) is 0 Å². The number of rotatable bonds is 4. The molecule has 7 heteroatoms. The summed E-state index contributed by atoms with van der Waals surface area (Å²) in [6.07, 6.45) is 6.58. The first-order valence-electron chi connectivity index (χ1n) is 10.2. The van der Waals surface area contributed by atoms with Crippen LogP contribution in [0.4, 0.5) is 0 Å². The van der Waals surface area contributed by atoms with E-state index in [0.29, 0.717) is 16.1 Å². The van der Waals surface area contributed by atoms with Crippen LogP contribution in [0.2, 0.25) is 10.0 Å². The number of hydrogen-bond donors (Lipinski definition) is 1. The Labute approximate surface area is 191 Å². The fourth-order valence-electron chi connectivity index (χ4n) is 4.56. The molecule has 3 heterocycles. The maximum absolute atomic E-state index is 6.37. The topological polar surface area (TPSA) is 41.3 Å². The lowest BCUT2D eigenvalue weighted by molar-refractivity contribution is 0.218. The predicted octanol–water partition coefficient (Wildman–Crippen LogP) is 6.56. The summed E-state index contributed by atoms with van der Waals surface area (Å²) in [5.74, 6) is 1.62. The maximum Gasteiger partial charge on any atom is 0.170 e. The summed E-state index contributed by atoms with van der Waals surface area (Å²) in [6.45, 7) is 0. The molecule has 0 bridgehead atoms. The van der Waals surface area contributed by atoms with E-state index in [0.717, 1.165) is 40.7 Å². The second-order valence-corrected chi connectivity index (χ2v) is 9.00. The zero-order valence-electron chi connectivity index (χ0n) is 16.2. The minimum Gasteiger partial charge on any atom is -0.459 e. The van der Waals surface area contributed by atoms with Crippen molar-refractivity contribution in [2.75, 3.05) is 0 Å². The smallest absolute Gasteiger partial charge is 0.170 e. The number of thiocarbonyl (C=S) groups is 1. The van der Waals surface area contributed by atoms with Gasteiger partial charge in [0.25, 0.3) is 0 Å². The molecule has 0 spiro atoms. The van der Waals surface area contributed by atoms with Crippen molar-refractivity contribution in [1.29, 1.82) is 0 Å². The van der Waals surface area contributed by atoms with Gasteiger partial charge in [0.15, 0.2) is 5.11 Å². The van der Waals surface area contributed by atoms with Crippen LogP contribution >= 0.6 is 35.4 Å². The van der Waals surface area contributed by atoms with Crippen LogP contribution in [-0.4, -0.2) is 21.0 Å². The number of nitrogens with zero attached hydrogens (tertiary/aromatic N) is 2. The van der Waals surface area contributed by atoms with Crippen LogP contribution in [-0.2, 0) is 0 Å². The van der Waals surface area contributed by atoms with E-state index >= 15 is 0 Å². The Morgan fingerprint density at radius 1 is 1.03 bits per heavy atom. The van der Waals surface area contributed by atoms with Crippen LogP contribution in [0.25, 0.3) is 11.3 Å². The molecule has 4 nitrogen and oxygen atoms in total. The first kappa shape index (κ1) is 19.9. The van der Waals surface area contributed by atoms with Crippen LogP contribution < -0.4 is 5.32 Å². The number of benzene rings is 1. The van der Waals surface area contributed by atoms with Crippen LogP contribution in [0.3, 0.4) is 0 Å². The largest absolute Gasteiger partial charge is 0.459 e. The van der Waals surface area contributed by atoms with Gasteiger partial charge in [-0.3, -0.25) is 4.98 Å². The molecule has 2 fully saturated rings. The third-order valence-corrected chi connectivity index (χ3v) is 7.04. The highest BCUT2D eigenvalue weighted by molar-refractivity contribution is 7.80. The number of halogens is 2. The number of hydrogen-bond acceptors (Lipinski definition) is 3. The zero-order valence-corrected chi connectivity index (χ0v) is 18.6. The van der Waals surface area contributed by atoms with Gasteiger partial charge in [-0.05, 0) is 67.5 Å². The van der Waals surface area contributed by atoms with Crippen molar-refractivity contribution in [3.63, 3.8) is 0 Å². The van der Waals surface area contributed by atoms with E-state index in [9.17, 15) is 0 Å². The Bertz CT molecular complexity index is 1070. The summed E-state index contributed by atoms with van der Waals surface area (Å²) in [7, 11) is 0. The van der Waals surface area contributed by atoms with Gasteiger partial charge in [-0.1, -0.05) is 42.1 Å². The molecule has 2 aromatic heterocycles. The van der Waals surface area contributed by atoms with Crippen molar-refractivity contribution in [1.82, 2.24) is 15.2 Å². The Morgan fingerprint density at radius 2 is 1.87 bits per heavy atom. The van der Waals surface area contributed by atoms with Gasteiger partial charge in [-0.25, -0.2) is 0 Å². The van der Waals surface area contributed by atoms with Crippen LogP contribution in [0.1, 0.15) is 49.2 Å². The Hall–Kier alpha value is -2.08. The monoisotopic (exact) mass is 457 g/mol. The molecule has 2 aliphatic rings. The lowest BCUT2D eigenvalue weighted by Gasteiger charge is -2.31. The van der Waals surface area contributed by atoms with Crippen LogP contribution in [0, 0.1) is 0 Å². The van der Waals surface area contributed by atoms with Gasteiger partial charge < -0.3 is 14.6 Å². The molecule has 1 saturated carbocycles. The summed E-state index contributed by atoms with van der Waals surface area (Å²) < 4.78 is 6.37. The van der Waals surface area contributed by atoms with E-state index in [-0.39, 0.29) is 12.1 Å². The highest BCUT2D eigenvalue weighted by Crippen LogP contribution is 2.44. The van der Waals surface area contributed by atoms with E-state index in [1.165, 1.54) is 12.8 Å². The minimum atomic E-state index is -0.0629. The molecule has 2 atom stereocenters. The van der Waals surface area contributed by atoms with Crippen molar-refractivity contribution >= 4 is 40.5 Å². The molecule has 1 aliphatic heterocycles. The first-order valence-corrected chi connectivity index (χ1v) is 11.3. The zero-order chi connectivity index (χ0) is 20.7. The Morgan fingerprint density at radius 3 is 2.60 bits per heavy atom. The van der Waals surface area contributed by atoms with E-state index in [2.05, 4.69) is 15.2 Å². The van der Waals surface area contributed by atoms with Crippen molar-refractivity contribution in [3.8, 4) is 11.3 Å². The number of furan rings is 1. The van der Waals surface area contributed by atoms with Gasteiger partial charge >= 0.3 is 0 Å². The van der Waals surface area contributed by atoms with Crippen LogP contribution in [0.5, 0.6) is 0 Å². The van der Waals surface area contributed by atoms with Crippen molar-refractivity contribution in [3.05, 3.63) is 76.2 Å². The lowest BCUT2D eigenvalue weighted by Crippen LogP contribution is -2.37. The molecule has 154 valence electrons. The maximum atomic E-state index is 6.37. The molecular formula is C23H21Cl2N3OS. The molecule has 0 radical (unpaired) electrons. The summed E-state index contributed by atoms with van der Waals surface area (Å²) in [6, 6.07) is 15.8. The second-order valence-electron chi connectivity index (χ2n) is 7.80. The van der Waals surface area contributed by atoms with E-state index in [1.807, 2.05) is 48.7 Å². The number of aromatic nitrogens is 1. The summed E-state index contributed by atoms with van der Waals surface area (Å²) in [5, 5.41) is 5.32. The highest BCUT2D eigenvalue weighted by Gasteiger charge is 2.45. The van der Waals surface area contributed by atoms with Gasteiger partial charge in [0.2, 0.25) is 0 Å². The van der Waals surface area contributed by atoms with Crippen LogP contribution in [0.15, 0.2) is 59.1 Å². The normalized spacial score (nSPS) is 21.9. The van der Waals surface area contributed by atoms with E-state index < -0.39 is 0 Å². The average molecular weight is 458 g/mol. The SMILES string of the molecule is S=C1N[C@@H](c2ccccn2)[C@H](c2ccc(-c3ccc(Cl)c(Cl)c3)o2)N1C1CCCC1.